The fourth-order valence-corrected chi connectivity index (χ4v) is 5.96. The molecule has 0 bridgehead atoms. The van der Waals surface area contributed by atoms with Crippen molar-refractivity contribution in [3.05, 3.63) is 50.9 Å². The van der Waals surface area contributed by atoms with Crippen molar-refractivity contribution in [1.29, 1.82) is 0 Å². The number of hydrogen-bond acceptors (Lipinski definition) is 6. The number of imide groups is 1. The Balaban J connectivity index is 1.55. The number of halogens is 2. The summed E-state index contributed by atoms with van der Waals surface area (Å²) < 4.78 is 6.89. The van der Waals surface area contributed by atoms with Crippen molar-refractivity contribution >= 4 is 56.6 Å². The molecule has 2 amide bonds. The maximum Gasteiger partial charge on any atom is 0.230 e. The minimum absolute atomic E-state index is 0.0320. The van der Waals surface area contributed by atoms with E-state index in [2.05, 4.69) is 10.3 Å². The van der Waals surface area contributed by atoms with E-state index in [-0.39, 0.29) is 37.3 Å². The van der Waals surface area contributed by atoms with Crippen LogP contribution in [-0.2, 0) is 27.3 Å². The SMILES string of the molecule is O=C1CCC(=O)N1Cc1cc2nccc(-c3cc(Cl)cc(Cl)c3C[C@H]3CNCCO3)c2s1. The first-order valence-electron chi connectivity index (χ1n) is 10.5. The van der Waals surface area contributed by atoms with Crippen LogP contribution in [0.25, 0.3) is 21.3 Å². The summed E-state index contributed by atoms with van der Waals surface area (Å²) in [4.78, 5) is 30.9. The topological polar surface area (TPSA) is 71.5 Å². The highest BCUT2D eigenvalue weighted by Gasteiger charge is 2.29. The molecule has 2 aliphatic heterocycles. The normalized spacial score (nSPS) is 19.3. The van der Waals surface area contributed by atoms with Gasteiger partial charge in [0.25, 0.3) is 0 Å². The molecule has 2 fully saturated rings. The molecule has 5 rings (SSSR count). The van der Waals surface area contributed by atoms with Crippen molar-refractivity contribution in [3.8, 4) is 11.1 Å². The van der Waals surface area contributed by atoms with E-state index in [0.717, 1.165) is 44.9 Å². The number of nitrogens with zero attached hydrogens (tertiary/aromatic N) is 2. The molecule has 1 N–H and O–H groups in total. The Hall–Kier alpha value is -2.03. The number of benzene rings is 1. The number of ether oxygens (including phenoxy) is 1. The molecule has 2 aromatic heterocycles. The minimum Gasteiger partial charge on any atom is -0.375 e. The highest BCUT2D eigenvalue weighted by atomic mass is 35.5. The zero-order chi connectivity index (χ0) is 22.2. The number of amides is 2. The van der Waals surface area contributed by atoms with Gasteiger partial charge in [-0.3, -0.25) is 19.5 Å². The van der Waals surface area contributed by atoms with Crippen LogP contribution in [0.4, 0.5) is 0 Å². The lowest BCUT2D eigenvalue weighted by atomic mass is 9.95. The summed E-state index contributed by atoms with van der Waals surface area (Å²) in [6.07, 6.45) is 3.03. The van der Waals surface area contributed by atoms with Crippen molar-refractivity contribution in [1.82, 2.24) is 15.2 Å². The summed E-state index contributed by atoms with van der Waals surface area (Å²) in [5.41, 5.74) is 3.73. The van der Waals surface area contributed by atoms with Gasteiger partial charge >= 0.3 is 0 Å². The van der Waals surface area contributed by atoms with Crippen molar-refractivity contribution in [2.75, 3.05) is 19.7 Å². The molecule has 166 valence electrons. The molecule has 2 aliphatic rings. The van der Waals surface area contributed by atoms with Crippen LogP contribution in [-0.4, -0.2) is 47.5 Å². The second-order valence-electron chi connectivity index (χ2n) is 7.97. The van der Waals surface area contributed by atoms with Crippen LogP contribution in [0.1, 0.15) is 23.3 Å². The lowest BCUT2D eigenvalue weighted by Crippen LogP contribution is -2.39. The van der Waals surface area contributed by atoms with Gasteiger partial charge in [-0.05, 0) is 35.4 Å². The zero-order valence-corrected chi connectivity index (χ0v) is 19.5. The first kappa shape index (κ1) is 21.8. The Morgan fingerprint density at radius 2 is 1.97 bits per heavy atom. The predicted octanol–water partition coefficient (Wildman–Crippen LogP) is 4.45. The van der Waals surface area contributed by atoms with Crippen molar-refractivity contribution < 1.29 is 14.3 Å². The average Bonchev–Trinajstić information content (AvgIpc) is 3.34. The van der Waals surface area contributed by atoms with Crippen LogP contribution in [0.2, 0.25) is 10.0 Å². The Morgan fingerprint density at radius 3 is 2.72 bits per heavy atom. The third kappa shape index (κ3) is 4.28. The molecular weight excluding hydrogens is 469 g/mol. The smallest absolute Gasteiger partial charge is 0.230 e. The van der Waals surface area contributed by atoms with Gasteiger partial charge < -0.3 is 10.1 Å². The number of rotatable bonds is 5. The van der Waals surface area contributed by atoms with Gasteiger partial charge in [-0.15, -0.1) is 11.3 Å². The first-order valence-corrected chi connectivity index (χ1v) is 12.1. The van der Waals surface area contributed by atoms with E-state index in [0.29, 0.717) is 23.1 Å². The fraction of sp³-hybridized carbons (Fsp3) is 0.348. The van der Waals surface area contributed by atoms with Crippen molar-refractivity contribution in [2.45, 2.75) is 31.9 Å². The summed E-state index contributed by atoms with van der Waals surface area (Å²) in [6, 6.07) is 7.60. The molecular formula is C23H21Cl2N3O3S. The maximum absolute atomic E-state index is 12.0. The third-order valence-electron chi connectivity index (χ3n) is 5.82. The van der Waals surface area contributed by atoms with E-state index in [1.807, 2.05) is 18.2 Å². The van der Waals surface area contributed by atoms with Gasteiger partial charge in [-0.1, -0.05) is 23.2 Å². The molecule has 1 atom stereocenters. The molecule has 0 unspecified atom stereocenters. The Bertz CT molecular complexity index is 1190. The first-order chi connectivity index (χ1) is 15.5. The van der Waals surface area contributed by atoms with Crippen LogP contribution < -0.4 is 5.32 Å². The number of morpholine rings is 1. The average molecular weight is 490 g/mol. The Kier molecular flexibility index (Phi) is 6.18. The van der Waals surface area contributed by atoms with Crippen LogP contribution in [0.15, 0.2) is 30.5 Å². The van der Waals surface area contributed by atoms with Gasteiger partial charge in [0.15, 0.2) is 0 Å². The molecule has 6 nitrogen and oxygen atoms in total. The number of carbonyl (C=O) groups excluding carboxylic acids is 2. The fourth-order valence-electron chi connectivity index (χ4n) is 4.26. The van der Waals surface area contributed by atoms with E-state index >= 15 is 0 Å². The van der Waals surface area contributed by atoms with Crippen molar-refractivity contribution in [2.24, 2.45) is 0 Å². The van der Waals surface area contributed by atoms with E-state index in [1.165, 1.54) is 16.2 Å². The molecule has 3 aromatic rings. The van der Waals surface area contributed by atoms with Crippen LogP contribution in [0.5, 0.6) is 0 Å². The molecule has 2 saturated heterocycles. The largest absolute Gasteiger partial charge is 0.375 e. The number of aromatic nitrogens is 1. The standard InChI is InChI=1S/C23H21Cl2N3O3S/c24-13-7-17(18(19(25)8-13)9-14-11-26-5-6-31-14)16-3-4-27-20-10-15(32-23(16)20)12-28-21(29)1-2-22(28)30/h3-4,7-8,10,14,26H,1-2,5-6,9,11-12H2/t14-/m0/s1. The lowest BCUT2D eigenvalue weighted by Gasteiger charge is -2.25. The summed E-state index contributed by atoms with van der Waals surface area (Å²) in [5.74, 6) is -0.240. The number of likely N-dealkylation sites (tertiary alicyclic amines) is 1. The summed E-state index contributed by atoms with van der Waals surface area (Å²) >= 11 is 14.6. The van der Waals surface area contributed by atoms with Crippen LogP contribution >= 0.6 is 34.5 Å². The van der Waals surface area contributed by atoms with Gasteiger partial charge in [-0.2, -0.15) is 0 Å². The monoisotopic (exact) mass is 489 g/mol. The Labute approximate surface area is 199 Å². The number of thiophene rings is 1. The van der Waals surface area contributed by atoms with Crippen LogP contribution in [0.3, 0.4) is 0 Å². The lowest BCUT2D eigenvalue weighted by molar-refractivity contribution is -0.138. The number of hydrogen-bond donors (Lipinski definition) is 1. The second kappa shape index (κ2) is 9.08. The summed E-state index contributed by atoms with van der Waals surface area (Å²) in [7, 11) is 0. The van der Waals surface area contributed by atoms with Crippen LogP contribution in [0, 0.1) is 0 Å². The van der Waals surface area contributed by atoms with Gasteiger partial charge in [0.1, 0.15) is 0 Å². The van der Waals surface area contributed by atoms with Gasteiger partial charge in [0.05, 0.1) is 29.5 Å². The molecule has 0 radical (unpaired) electrons. The Morgan fingerprint density at radius 1 is 1.16 bits per heavy atom. The number of nitrogens with one attached hydrogen (secondary N) is 1. The molecule has 0 saturated carbocycles. The predicted molar refractivity (Wildman–Crippen MR) is 126 cm³/mol. The molecule has 9 heteroatoms. The zero-order valence-electron chi connectivity index (χ0n) is 17.2. The molecule has 32 heavy (non-hydrogen) atoms. The maximum atomic E-state index is 12.0. The summed E-state index contributed by atoms with van der Waals surface area (Å²) in [6.45, 7) is 2.57. The van der Waals surface area contributed by atoms with E-state index in [9.17, 15) is 9.59 Å². The molecule has 4 heterocycles. The minimum atomic E-state index is -0.120. The van der Waals surface area contributed by atoms with Crippen molar-refractivity contribution in [3.63, 3.8) is 0 Å². The highest BCUT2D eigenvalue weighted by Crippen LogP contribution is 2.40. The molecule has 0 spiro atoms. The van der Waals surface area contributed by atoms with Gasteiger partial charge in [-0.25, -0.2) is 0 Å². The summed E-state index contributed by atoms with van der Waals surface area (Å²) in [5, 5.41) is 4.53. The van der Waals surface area contributed by atoms with Gasteiger partial charge in [0, 0.05) is 59.0 Å². The van der Waals surface area contributed by atoms with E-state index in [1.54, 1.807) is 12.3 Å². The number of pyridine rings is 1. The highest BCUT2D eigenvalue weighted by molar-refractivity contribution is 7.19. The molecule has 1 aromatic carbocycles. The number of carbonyl (C=O) groups is 2. The molecule has 0 aliphatic carbocycles. The second-order valence-corrected chi connectivity index (χ2v) is 9.95. The van der Waals surface area contributed by atoms with E-state index in [4.69, 9.17) is 27.9 Å². The third-order valence-corrected chi connectivity index (χ3v) is 7.52. The quantitative estimate of drug-likeness (QED) is 0.536. The van der Waals surface area contributed by atoms with Gasteiger partial charge in [0.2, 0.25) is 11.8 Å². The number of fused-ring (bicyclic) bond motifs is 1. The van der Waals surface area contributed by atoms with E-state index < -0.39 is 0 Å².